The molecule has 23 heavy (non-hydrogen) atoms. The normalized spacial score (nSPS) is 10.7. The van der Waals surface area contributed by atoms with E-state index in [0.717, 1.165) is 5.56 Å². The molecule has 0 saturated heterocycles. The van der Waals surface area contributed by atoms with Crippen molar-refractivity contribution >= 4 is 22.6 Å². The first-order chi connectivity index (χ1) is 11.1. The number of nitrogens with one attached hydrogen (secondary N) is 1. The van der Waals surface area contributed by atoms with Crippen molar-refractivity contribution in [1.29, 1.82) is 0 Å². The standard InChI is InChI=1S/C17H14FN3O2/c1-11-4-3-8-19-17(11)20-15(23)10-21-9-7-14(22)12-5-2-6-13(18)16(12)21/h2-9H,10H2,1H3,(H,19,20,23). The summed E-state index contributed by atoms with van der Waals surface area (Å²) in [6, 6.07) is 9.20. The van der Waals surface area contributed by atoms with Crippen LogP contribution in [0, 0.1) is 12.7 Å². The van der Waals surface area contributed by atoms with E-state index in [0.29, 0.717) is 5.82 Å². The summed E-state index contributed by atoms with van der Waals surface area (Å²) in [4.78, 5) is 28.1. The number of carbonyl (C=O) groups excluding carboxylic acids is 1. The van der Waals surface area contributed by atoms with Gasteiger partial charge in [-0.2, -0.15) is 0 Å². The van der Waals surface area contributed by atoms with Crippen molar-refractivity contribution in [3.63, 3.8) is 0 Å². The van der Waals surface area contributed by atoms with Crippen LogP contribution in [0.15, 0.2) is 53.6 Å². The predicted molar refractivity (Wildman–Crippen MR) is 85.8 cm³/mol. The monoisotopic (exact) mass is 311 g/mol. The molecule has 116 valence electrons. The van der Waals surface area contributed by atoms with Crippen LogP contribution in [-0.2, 0) is 11.3 Å². The summed E-state index contributed by atoms with van der Waals surface area (Å²) in [5.74, 6) is -0.426. The van der Waals surface area contributed by atoms with E-state index < -0.39 is 5.82 Å². The van der Waals surface area contributed by atoms with Gasteiger partial charge in [0.05, 0.1) is 5.52 Å². The van der Waals surface area contributed by atoms with Gasteiger partial charge in [-0.25, -0.2) is 9.37 Å². The smallest absolute Gasteiger partial charge is 0.245 e. The van der Waals surface area contributed by atoms with Gasteiger partial charge in [-0.15, -0.1) is 0 Å². The van der Waals surface area contributed by atoms with E-state index in [4.69, 9.17) is 0 Å². The maximum atomic E-state index is 14.1. The average Bonchev–Trinajstić information content (AvgIpc) is 2.53. The summed E-state index contributed by atoms with van der Waals surface area (Å²) in [6.07, 6.45) is 3.00. The number of rotatable bonds is 3. The molecule has 3 rings (SSSR count). The van der Waals surface area contributed by atoms with Crippen molar-refractivity contribution in [3.8, 4) is 0 Å². The van der Waals surface area contributed by atoms with Crippen LogP contribution in [0.4, 0.5) is 10.2 Å². The summed E-state index contributed by atoms with van der Waals surface area (Å²) >= 11 is 0. The van der Waals surface area contributed by atoms with Crippen LogP contribution >= 0.6 is 0 Å². The Morgan fingerprint density at radius 2 is 2.09 bits per heavy atom. The minimum atomic E-state index is -0.540. The third kappa shape index (κ3) is 2.96. The summed E-state index contributed by atoms with van der Waals surface area (Å²) in [5.41, 5.74) is 0.668. The SMILES string of the molecule is Cc1cccnc1NC(=O)Cn1ccc(=O)c2cccc(F)c21. The number of hydrogen-bond acceptors (Lipinski definition) is 3. The first-order valence-electron chi connectivity index (χ1n) is 7.05. The van der Waals surface area contributed by atoms with Crippen molar-refractivity contribution in [2.24, 2.45) is 0 Å². The van der Waals surface area contributed by atoms with Crippen molar-refractivity contribution < 1.29 is 9.18 Å². The van der Waals surface area contributed by atoms with Crippen LogP contribution < -0.4 is 10.7 Å². The number of halogens is 1. The van der Waals surface area contributed by atoms with E-state index in [1.807, 2.05) is 13.0 Å². The zero-order valence-corrected chi connectivity index (χ0v) is 12.4. The molecule has 5 nitrogen and oxygen atoms in total. The molecular weight excluding hydrogens is 297 g/mol. The van der Waals surface area contributed by atoms with E-state index >= 15 is 0 Å². The minimum absolute atomic E-state index is 0.117. The number of aryl methyl sites for hydroxylation is 1. The van der Waals surface area contributed by atoms with Gasteiger partial charge in [0.2, 0.25) is 5.91 Å². The van der Waals surface area contributed by atoms with Gasteiger partial charge in [0.25, 0.3) is 0 Å². The zero-order chi connectivity index (χ0) is 16.4. The van der Waals surface area contributed by atoms with Gasteiger partial charge in [-0.05, 0) is 30.7 Å². The topological polar surface area (TPSA) is 64.0 Å². The Bertz CT molecular complexity index is 950. The second-order valence-corrected chi connectivity index (χ2v) is 5.16. The number of carbonyl (C=O) groups is 1. The van der Waals surface area contributed by atoms with E-state index in [-0.39, 0.29) is 28.8 Å². The fourth-order valence-electron chi connectivity index (χ4n) is 2.40. The number of aromatic nitrogens is 2. The highest BCUT2D eigenvalue weighted by Crippen LogP contribution is 2.15. The molecule has 0 atom stereocenters. The number of hydrogen-bond donors (Lipinski definition) is 1. The Labute approximate surface area is 131 Å². The Balaban J connectivity index is 1.93. The Morgan fingerprint density at radius 3 is 2.87 bits per heavy atom. The average molecular weight is 311 g/mol. The molecule has 2 heterocycles. The van der Waals surface area contributed by atoms with Crippen LogP contribution in [0.3, 0.4) is 0 Å². The molecular formula is C17H14FN3O2. The van der Waals surface area contributed by atoms with Crippen LogP contribution in [-0.4, -0.2) is 15.5 Å². The Morgan fingerprint density at radius 1 is 1.26 bits per heavy atom. The first kappa shape index (κ1) is 14.9. The highest BCUT2D eigenvalue weighted by Gasteiger charge is 2.11. The Hall–Kier alpha value is -3.02. The molecule has 0 aliphatic rings. The summed E-state index contributed by atoms with van der Waals surface area (Å²) in [7, 11) is 0. The molecule has 6 heteroatoms. The number of fused-ring (bicyclic) bond motifs is 1. The van der Waals surface area contributed by atoms with Gasteiger partial charge < -0.3 is 9.88 Å². The molecule has 1 amide bonds. The molecule has 0 bridgehead atoms. The Kier molecular flexibility index (Phi) is 3.89. The van der Waals surface area contributed by atoms with E-state index in [2.05, 4.69) is 10.3 Å². The zero-order valence-electron chi connectivity index (χ0n) is 12.4. The number of anilines is 1. The third-order valence-electron chi connectivity index (χ3n) is 3.53. The molecule has 0 spiro atoms. The molecule has 3 aromatic rings. The predicted octanol–water partition coefficient (Wildman–Crippen LogP) is 2.48. The van der Waals surface area contributed by atoms with Crippen LogP contribution in [0.5, 0.6) is 0 Å². The van der Waals surface area contributed by atoms with Gasteiger partial charge in [-0.1, -0.05) is 12.1 Å². The number of benzene rings is 1. The van der Waals surface area contributed by atoms with Gasteiger partial charge in [0.1, 0.15) is 18.2 Å². The molecule has 0 aliphatic heterocycles. The largest absolute Gasteiger partial charge is 0.335 e. The lowest BCUT2D eigenvalue weighted by atomic mass is 10.2. The van der Waals surface area contributed by atoms with E-state index in [1.54, 1.807) is 12.3 Å². The van der Waals surface area contributed by atoms with Crippen molar-refractivity contribution in [2.75, 3.05) is 5.32 Å². The summed E-state index contributed by atoms with van der Waals surface area (Å²) in [6.45, 7) is 1.71. The summed E-state index contributed by atoms with van der Waals surface area (Å²) in [5, 5.41) is 2.93. The quantitative estimate of drug-likeness (QED) is 0.808. The lowest BCUT2D eigenvalue weighted by Gasteiger charge is -2.12. The second kappa shape index (κ2) is 6.00. The lowest BCUT2D eigenvalue weighted by molar-refractivity contribution is -0.116. The minimum Gasteiger partial charge on any atom is -0.335 e. The first-order valence-corrected chi connectivity index (χ1v) is 7.05. The number of nitrogens with zero attached hydrogens (tertiary/aromatic N) is 2. The second-order valence-electron chi connectivity index (χ2n) is 5.16. The summed E-state index contributed by atoms with van der Waals surface area (Å²) < 4.78 is 15.5. The number of para-hydroxylation sites is 1. The maximum absolute atomic E-state index is 14.1. The molecule has 2 aromatic heterocycles. The number of pyridine rings is 2. The molecule has 1 N–H and O–H groups in total. The molecule has 0 unspecified atom stereocenters. The molecule has 0 radical (unpaired) electrons. The van der Waals surface area contributed by atoms with Gasteiger partial charge in [0.15, 0.2) is 5.43 Å². The molecule has 0 aliphatic carbocycles. The number of amides is 1. The third-order valence-corrected chi connectivity index (χ3v) is 3.53. The van der Waals surface area contributed by atoms with Gasteiger partial charge in [-0.3, -0.25) is 9.59 Å². The van der Waals surface area contributed by atoms with Crippen LogP contribution in [0.2, 0.25) is 0 Å². The molecule has 1 aromatic carbocycles. The lowest BCUT2D eigenvalue weighted by Crippen LogP contribution is -2.21. The van der Waals surface area contributed by atoms with Crippen molar-refractivity contribution in [3.05, 3.63) is 70.4 Å². The van der Waals surface area contributed by atoms with Crippen molar-refractivity contribution in [1.82, 2.24) is 9.55 Å². The fraction of sp³-hybridized carbons (Fsp3) is 0.118. The van der Waals surface area contributed by atoms with E-state index in [1.165, 1.54) is 35.0 Å². The van der Waals surface area contributed by atoms with Crippen LogP contribution in [0.25, 0.3) is 10.9 Å². The fourth-order valence-corrected chi connectivity index (χ4v) is 2.40. The maximum Gasteiger partial charge on any atom is 0.245 e. The van der Waals surface area contributed by atoms with Crippen LogP contribution in [0.1, 0.15) is 5.56 Å². The van der Waals surface area contributed by atoms with E-state index in [9.17, 15) is 14.0 Å². The van der Waals surface area contributed by atoms with Gasteiger partial charge in [0, 0.05) is 23.8 Å². The highest BCUT2D eigenvalue weighted by molar-refractivity contribution is 5.91. The highest BCUT2D eigenvalue weighted by atomic mass is 19.1. The van der Waals surface area contributed by atoms with Crippen molar-refractivity contribution in [2.45, 2.75) is 13.5 Å². The molecule has 0 fully saturated rings. The molecule has 0 saturated carbocycles. The van der Waals surface area contributed by atoms with Gasteiger partial charge >= 0.3 is 0 Å².